The Bertz CT molecular complexity index is 734. The molecule has 0 aromatic carbocycles. The minimum absolute atomic E-state index is 0.0611. The molecule has 7 nitrogen and oxygen atoms in total. The second-order valence-electron chi connectivity index (χ2n) is 7.16. The number of hydrogen-bond acceptors (Lipinski definition) is 5. The molecule has 2 aromatic heterocycles. The number of aliphatic hydroxyl groups excluding tert-OH is 1. The number of rotatable bonds is 5. The number of carbonyl (C=O) groups excluding carboxylic acids is 1. The Morgan fingerprint density at radius 1 is 1.42 bits per heavy atom. The number of likely N-dealkylation sites (tertiary alicyclic amines) is 1. The third-order valence-corrected chi connectivity index (χ3v) is 6.07. The molecule has 2 aromatic rings. The maximum atomic E-state index is 12.4. The van der Waals surface area contributed by atoms with Crippen LogP contribution in [-0.2, 0) is 13.6 Å². The van der Waals surface area contributed by atoms with Gasteiger partial charge in [-0.05, 0) is 18.8 Å². The van der Waals surface area contributed by atoms with Gasteiger partial charge in [0.2, 0.25) is 0 Å². The predicted molar refractivity (Wildman–Crippen MR) is 101 cm³/mol. The Labute approximate surface area is 158 Å². The van der Waals surface area contributed by atoms with Crippen LogP contribution in [0.2, 0.25) is 0 Å². The summed E-state index contributed by atoms with van der Waals surface area (Å²) in [5.74, 6) is 1.23. The van der Waals surface area contributed by atoms with Crippen LogP contribution in [0.4, 0.5) is 4.79 Å². The lowest BCUT2D eigenvalue weighted by molar-refractivity contribution is 0.0584. The highest BCUT2D eigenvalue weighted by Gasteiger charge is 2.30. The Kier molecular flexibility index (Phi) is 5.93. The normalized spacial score (nSPS) is 16.9. The number of thiazole rings is 1. The number of aromatic nitrogens is 3. The molecular weight excluding hydrogens is 350 g/mol. The van der Waals surface area contributed by atoms with Crippen LogP contribution < -0.4 is 5.32 Å². The summed E-state index contributed by atoms with van der Waals surface area (Å²) in [5.41, 5.74) is 0.909. The van der Waals surface area contributed by atoms with Gasteiger partial charge >= 0.3 is 6.03 Å². The Balaban J connectivity index is 1.46. The maximum absolute atomic E-state index is 12.4. The summed E-state index contributed by atoms with van der Waals surface area (Å²) in [4.78, 5) is 23.0. The fourth-order valence-corrected chi connectivity index (χ4v) is 4.07. The Morgan fingerprint density at radius 2 is 2.15 bits per heavy atom. The van der Waals surface area contributed by atoms with Crippen LogP contribution in [-0.4, -0.2) is 43.7 Å². The van der Waals surface area contributed by atoms with Crippen molar-refractivity contribution >= 4 is 17.4 Å². The molecule has 142 valence electrons. The van der Waals surface area contributed by atoms with Gasteiger partial charge in [0, 0.05) is 43.8 Å². The van der Waals surface area contributed by atoms with E-state index >= 15 is 0 Å². The first kappa shape index (κ1) is 18.8. The molecule has 3 heterocycles. The van der Waals surface area contributed by atoms with Crippen molar-refractivity contribution < 1.29 is 9.90 Å². The largest absolute Gasteiger partial charge is 0.385 e. The summed E-state index contributed by atoms with van der Waals surface area (Å²) in [6, 6.07) is -0.0611. The van der Waals surface area contributed by atoms with E-state index in [2.05, 4.69) is 29.1 Å². The van der Waals surface area contributed by atoms with E-state index in [1.165, 1.54) is 0 Å². The van der Waals surface area contributed by atoms with Crippen molar-refractivity contribution in [2.75, 3.05) is 13.1 Å². The SMILES string of the molecule is CC(C)c1nc(CNC(=O)N2CCC(C(O)c3nccn3C)CC2)cs1. The van der Waals surface area contributed by atoms with Crippen LogP contribution in [0.1, 0.15) is 55.2 Å². The van der Waals surface area contributed by atoms with Gasteiger partial charge in [-0.25, -0.2) is 14.8 Å². The van der Waals surface area contributed by atoms with Crippen LogP contribution in [0.25, 0.3) is 0 Å². The highest BCUT2D eigenvalue weighted by atomic mass is 32.1. The molecule has 0 saturated carbocycles. The Morgan fingerprint density at radius 3 is 2.73 bits per heavy atom. The summed E-state index contributed by atoms with van der Waals surface area (Å²) in [6.45, 7) is 5.98. The summed E-state index contributed by atoms with van der Waals surface area (Å²) in [6.07, 6.45) is 4.50. The zero-order chi connectivity index (χ0) is 18.7. The second kappa shape index (κ2) is 8.18. The van der Waals surface area contributed by atoms with Gasteiger partial charge in [-0.1, -0.05) is 13.8 Å². The molecule has 0 spiro atoms. The van der Waals surface area contributed by atoms with E-state index in [4.69, 9.17) is 0 Å². The average molecular weight is 378 g/mol. The second-order valence-corrected chi connectivity index (χ2v) is 8.05. The van der Waals surface area contributed by atoms with Crippen molar-refractivity contribution in [3.63, 3.8) is 0 Å². The standard InChI is InChI=1S/C18H27N5O2S/c1-12(2)17-21-14(11-26-17)10-20-18(25)23-7-4-13(5-8-23)15(24)16-19-6-9-22(16)3/h6,9,11-13,15,24H,4-5,7-8,10H2,1-3H3,(H,20,25). The molecule has 0 radical (unpaired) electrons. The van der Waals surface area contributed by atoms with Crippen LogP contribution in [0.15, 0.2) is 17.8 Å². The number of imidazole rings is 1. The van der Waals surface area contributed by atoms with Crippen LogP contribution >= 0.6 is 11.3 Å². The third kappa shape index (κ3) is 4.24. The summed E-state index contributed by atoms with van der Waals surface area (Å²) < 4.78 is 1.85. The van der Waals surface area contributed by atoms with Crippen molar-refractivity contribution in [3.8, 4) is 0 Å². The van der Waals surface area contributed by atoms with Gasteiger partial charge in [-0.3, -0.25) is 0 Å². The molecule has 0 bridgehead atoms. The van der Waals surface area contributed by atoms with Gasteiger partial charge in [0.15, 0.2) is 0 Å². The highest BCUT2D eigenvalue weighted by molar-refractivity contribution is 7.09. The van der Waals surface area contributed by atoms with Crippen LogP contribution in [0.5, 0.6) is 0 Å². The molecule has 1 fully saturated rings. The molecule has 2 N–H and O–H groups in total. The lowest BCUT2D eigenvalue weighted by atomic mass is 9.91. The molecule has 26 heavy (non-hydrogen) atoms. The van der Waals surface area contributed by atoms with E-state index in [1.807, 2.05) is 28.1 Å². The highest BCUT2D eigenvalue weighted by Crippen LogP contribution is 2.29. The quantitative estimate of drug-likeness (QED) is 0.839. The van der Waals surface area contributed by atoms with E-state index in [-0.39, 0.29) is 11.9 Å². The smallest absolute Gasteiger partial charge is 0.317 e. The number of nitrogens with one attached hydrogen (secondary N) is 1. The summed E-state index contributed by atoms with van der Waals surface area (Å²) >= 11 is 1.64. The number of piperidine rings is 1. The van der Waals surface area contributed by atoms with E-state index in [0.717, 1.165) is 23.5 Å². The van der Waals surface area contributed by atoms with Gasteiger partial charge in [0.1, 0.15) is 11.9 Å². The number of nitrogens with zero attached hydrogens (tertiary/aromatic N) is 4. The number of aliphatic hydroxyl groups is 1. The minimum Gasteiger partial charge on any atom is -0.385 e. The fraction of sp³-hybridized carbons (Fsp3) is 0.611. The number of amides is 2. The lowest BCUT2D eigenvalue weighted by Crippen LogP contribution is -2.45. The molecule has 1 atom stereocenters. The van der Waals surface area contributed by atoms with Gasteiger partial charge in [-0.2, -0.15) is 0 Å². The van der Waals surface area contributed by atoms with E-state index in [9.17, 15) is 9.90 Å². The molecule has 1 unspecified atom stereocenters. The Hall–Kier alpha value is -1.93. The first-order valence-electron chi connectivity index (χ1n) is 9.08. The van der Waals surface area contributed by atoms with Gasteiger partial charge in [0.05, 0.1) is 17.2 Å². The molecule has 8 heteroatoms. The van der Waals surface area contributed by atoms with Gasteiger partial charge in [0.25, 0.3) is 0 Å². The number of urea groups is 1. The first-order chi connectivity index (χ1) is 12.5. The van der Waals surface area contributed by atoms with E-state index < -0.39 is 6.10 Å². The van der Waals surface area contributed by atoms with Crippen molar-refractivity contribution in [2.45, 2.75) is 45.3 Å². The molecule has 1 aliphatic heterocycles. The fourth-order valence-electron chi connectivity index (χ4n) is 3.24. The predicted octanol–water partition coefficient (Wildman–Crippen LogP) is 2.66. The van der Waals surface area contributed by atoms with Gasteiger partial charge < -0.3 is 19.9 Å². The van der Waals surface area contributed by atoms with Crippen molar-refractivity contribution in [1.82, 2.24) is 24.8 Å². The van der Waals surface area contributed by atoms with Crippen molar-refractivity contribution in [3.05, 3.63) is 34.3 Å². The first-order valence-corrected chi connectivity index (χ1v) is 9.96. The average Bonchev–Trinajstić information content (AvgIpc) is 3.28. The van der Waals surface area contributed by atoms with Gasteiger partial charge in [-0.15, -0.1) is 11.3 Å². The maximum Gasteiger partial charge on any atom is 0.317 e. The molecule has 2 amide bonds. The molecular formula is C18H27N5O2S. The molecule has 1 aliphatic rings. The number of carbonyl (C=O) groups is 1. The van der Waals surface area contributed by atoms with E-state index in [0.29, 0.717) is 31.4 Å². The summed E-state index contributed by atoms with van der Waals surface area (Å²) in [7, 11) is 1.89. The molecule has 0 aliphatic carbocycles. The lowest BCUT2D eigenvalue weighted by Gasteiger charge is -2.34. The topological polar surface area (TPSA) is 83.3 Å². The number of aryl methyl sites for hydroxylation is 1. The molecule has 3 rings (SSSR count). The monoisotopic (exact) mass is 377 g/mol. The zero-order valence-corrected chi connectivity index (χ0v) is 16.4. The third-order valence-electron chi connectivity index (χ3n) is 4.88. The van der Waals surface area contributed by atoms with Crippen molar-refractivity contribution in [2.24, 2.45) is 13.0 Å². The zero-order valence-electron chi connectivity index (χ0n) is 15.6. The minimum atomic E-state index is -0.579. The van der Waals surface area contributed by atoms with Crippen LogP contribution in [0.3, 0.4) is 0 Å². The summed E-state index contributed by atoms with van der Waals surface area (Å²) in [5, 5.41) is 16.6. The molecule has 1 saturated heterocycles. The van der Waals surface area contributed by atoms with Crippen LogP contribution in [0, 0.1) is 5.92 Å². The van der Waals surface area contributed by atoms with Crippen molar-refractivity contribution in [1.29, 1.82) is 0 Å². The number of hydrogen-bond donors (Lipinski definition) is 2. The van der Waals surface area contributed by atoms with E-state index in [1.54, 1.807) is 17.5 Å².